The number of sulfonamides is 1. The van der Waals surface area contributed by atoms with Crippen molar-refractivity contribution in [1.29, 1.82) is 0 Å². The Morgan fingerprint density at radius 1 is 0.949 bits per heavy atom. The molecule has 3 aromatic carbocycles. The van der Waals surface area contributed by atoms with E-state index in [2.05, 4.69) is 5.32 Å². The van der Waals surface area contributed by atoms with Gasteiger partial charge in [0.15, 0.2) is 0 Å². The topological polar surface area (TPSA) is 86.8 Å². The second-order valence-corrected chi connectivity index (χ2v) is 11.2. The van der Waals surface area contributed by atoms with Crippen LogP contribution in [0.1, 0.15) is 38.7 Å². The van der Waals surface area contributed by atoms with Crippen LogP contribution in [-0.2, 0) is 26.2 Å². The van der Waals surface area contributed by atoms with Gasteiger partial charge in [-0.1, -0.05) is 80.4 Å². The molecule has 208 valence electrons. The Hall–Kier alpha value is -3.43. The first-order valence-electron chi connectivity index (χ1n) is 12.8. The summed E-state index contributed by atoms with van der Waals surface area (Å²) in [5.41, 5.74) is 0.323. The average Bonchev–Trinajstić information content (AvgIpc) is 2.93. The fourth-order valence-electron chi connectivity index (χ4n) is 4.12. The van der Waals surface area contributed by atoms with Gasteiger partial charge in [-0.25, -0.2) is 12.8 Å². The Bertz CT molecular complexity index is 1370. The predicted molar refractivity (Wildman–Crippen MR) is 151 cm³/mol. The monoisotopic (exact) mass is 573 g/mol. The van der Waals surface area contributed by atoms with Crippen molar-refractivity contribution in [3.05, 3.63) is 95.3 Å². The first-order chi connectivity index (χ1) is 18.7. The number of hydrogen-bond acceptors (Lipinski definition) is 4. The molecule has 0 bridgehead atoms. The number of carbonyl (C=O) groups excluding carboxylic acids is 2. The number of anilines is 1. The Labute approximate surface area is 234 Å². The van der Waals surface area contributed by atoms with Crippen LogP contribution in [0.4, 0.5) is 10.1 Å². The third-order valence-corrected chi connectivity index (χ3v) is 8.39. The molecule has 0 aromatic heterocycles. The highest BCUT2D eigenvalue weighted by Gasteiger charge is 2.34. The van der Waals surface area contributed by atoms with E-state index < -0.39 is 34.3 Å². The summed E-state index contributed by atoms with van der Waals surface area (Å²) >= 11 is 6.38. The second-order valence-electron chi connectivity index (χ2n) is 8.96. The van der Waals surface area contributed by atoms with Crippen molar-refractivity contribution in [2.24, 2.45) is 0 Å². The van der Waals surface area contributed by atoms with Gasteiger partial charge < -0.3 is 10.2 Å². The highest BCUT2D eigenvalue weighted by molar-refractivity contribution is 7.92. The summed E-state index contributed by atoms with van der Waals surface area (Å²) in [7, 11) is -4.34. The molecule has 0 aliphatic heterocycles. The first-order valence-corrected chi connectivity index (χ1v) is 14.6. The van der Waals surface area contributed by atoms with Gasteiger partial charge in [-0.3, -0.25) is 13.9 Å². The number of rotatable bonds is 13. The second kappa shape index (κ2) is 14.1. The van der Waals surface area contributed by atoms with E-state index >= 15 is 0 Å². The molecule has 0 aliphatic rings. The molecule has 0 heterocycles. The van der Waals surface area contributed by atoms with Gasteiger partial charge in [0.05, 0.1) is 10.6 Å². The smallest absolute Gasteiger partial charge is 0.264 e. The summed E-state index contributed by atoms with van der Waals surface area (Å²) in [6, 6.07) is 18.9. The van der Waals surface area contributed by atoms with E-state index in [4.69, 9.17) is 11.6 Å². The standard InChI is InChI=1S/C29H33ClFN3O4S/c1-3-5-19-32-29(36)26(4-2)33(20-22-13-9-10-16-24(22)30)28(35)21-34(27-18-12-11-17-25(27)31)39(37,38)23-14-7-6-8-15-23/h6-18,26H,3-5,19-21H2,1-2H3,(H,32,36)/t26-/m0/s1. The van der Waals surface area contributed by atoms with Crippen LogP contribution in [0.3, 0.4) is 0 Å². The molecule has 39 heavy (non-hydrogen) atoms. The normalized spacial score (nSPS) is 12.0. The lowest BCUT2D eigenvalue weighted by Crippen LogP contribution is -2.52. The van der Waals surface area contributed by atoms with Crippen LogP contribution in [-0.4, -0.2) is 44.3 Å². The zero-order valence-electron chi connectivity index (χ0n) is 22.0. The molecular weight excluding hydrogens is 541 g/mol. The van der Waals surface area contributed by atoms with Crippen molar-refractivity contribution in [2.75, 3.05) is 17.4 Å². The number of amides is 2. The lowest BCUT2D eigenvalue weighted by atomic mass is 10.1. The van der Waals surface area contributed by atoms with Gasteiger partial charge in [0, 0.05) is 18.1 Å². The number of halogens is 2. The molecule has 0 saturated heterocycles. The summed E-state index contributed by atoms with van der Waals surface area (Å²) in [5, 5.41) is 3.27. The maximum atomic E-state index is 15.0. The van der Waals surface area contributed by atoms with Gasteiger partial charge in [0.2, 0.25) is 11.8 Å². The number of benzene rings is 3. The van der Waals surface area contributed by atoms with Gasteiger partial charge in [-0.15, -0.1) is 0 Å². The molecule has 0 radical (unpaired) electrons. The van der Waals surface area contributed by atoms with Crippen molar-refractivity contribution in [3.63, 3.8) is 0 Å². The van der Waals surface area contributed by atoms with Gasteiger partial charge in [0.1, 0.15) is 18.4 Å². The third-order valence-electron chi connectivity index (χ3n) is 6.25. The molecule has 2 amide bonds. The average molecular weight is 574 g/mol. The minimum atomic E-state index is -4.34. The van der Waals surface area contributed by atoms with Gasteiger partial charge >= 0.3 is 0 Å². The summed E-state index contributed by atoms with van der Waals surface area (Å²) in [6.07, 6.45) is 1.94. The fourth-order valence-corrected chi connectivity index (χ4v) is 5.76. The quantitative estimate of drug-likeness (QED) is 0.277. The lowest BCUT2D eigenvalue weighted by Gasteiger charge is -2.33. The van der Waals surface area contributed by atoms with Crippen molar-refractivity contribution >= 4 is 39.1 Å². The Kier molecular flexibility index (Phi) is 10.9. The zero-order chi connectivity index (χ0) is 28.4. The fraction of sp³-hybridized carbons (Fsp3) is 0.310. The molecule has 3 rings (SSSR count). The van der Waals surface area contributed by atoms with Crippen LogP contribution in [0.5, 0.6) is 0 Å². The van der Waals surface area contributed by atoms with Crippen LogP contribution in [0.15, 0.2) is 83.8 Å². The number of hydrogen-bond donors (Lipinski definition) is 1. The Morgan fingerprint density at radius 3 is 2.23 bits per heavy atom. The Morgan fingerprint density at radius 2 is 1.59 bits per heavy atom. The lowest BCUT2D eigenvalue weighted by molar-refractivity contribution is -0.140. The molecule has 0 fully saturated rings. The summed E-state index contributed by atoms with van der Waals surface area (Å²) in [6.45, 7) is 3.47. The largest absolute Gasteiger partial charge is 0.354 e. The van der Waals surface area contributed by atoms with E-state index in [1.54, 1.807) is 49.4 Å². The van der Waals surface area contributed by atoms with E-state index in [1.807, 2.05) is 6.92 Å². The van der Waals surface area contributed by atoms with E-state index in [0.29, 0.717) is 17.1 Å². The van der Waals surface area contributed by atoms with E-state index in [0.717, 1.165) is 23.2 Å². The number of unbranched alkanes of at least 4 members (excludes halogenated alkanes) is 1. The van der Waals surface area contributed by atoms with Crippen molar-refractivity contribution in [2.45, 2.75) is 50.6 Å². The molecule has 1 atom stereocenters. The molecule has 3 aromatic rings. The molecule has 0 saturated carbocycles. The number of carbonyl (C=O) groups is 2. The van der Waals surface area contributed by atoms with E-state index in [-0.39, 0.29) is 29.5 Å². The first kappa shape index (κ1) is 30.1. The highest BCUT2D eigenvalue weighted by Crippen LogP contribution is 2.27. The third kappa shape index (κ3) is 7.58. The van der Waals surface area contributed by atoms with Crippen molar-refractivity contribution in [3.8, 4) is 0 Å². The van der Waals surface area contributed by atoms with Crippen LogP contribution in [0, 0.1) is 5.82 Å². The molecule has 0 unspecified atom stereocenters. The minimum absolute atomic E-state index is 0.0330. The molecule has 10 heteroatoms. The van der Waals surface area contributed by atoms with Crippen LogP contribution < -0.4 is 9.62 Å². The van der Waals surface area contributed by atoms with Crippen LogP contribution in [0.2, 0.25) is 5.02 Å². The SMILES string of the molecule is CCCCNC(=O)[C@H](CC)N(Cc1ccccc1Cl)C(=O)CN(c1ccccc1F)S(=O)(=O)c1ccccc1. The van der Waals surface area contributed by atoms with Gasteiger partial charge in [-0.2, -0.15) is 0 Å². The van der Waals surface area contributed by atoms with Crippen LogP contribution in [0.25, 0.3) is 0 Å². The number of para-hydroxylation sites is 1. The maximum absolute atomic E-state index is 15.0. The van der Waals surface area contributed by atoms with Crippen molar-refractivity contribution in [1.82, 2.24) is 10.2 Å². The summed E-state index contributed by atoms with van der Waals surface area (Å²) < 4.78 is 43.1. The highest BCUT2D eigenvalue weighted by atomic mass is 35.5. The maximum Gasteiger partial charge on any atom is 0.264 e. The Balaban J connectivity index is 2.04. The molecule has 1 N–H and O–H groups in total. The zero-order valence-corrected chi connectivity index (χ0v) is 23.6. The van der Waals surface area contributed by atoms with E-state index in [9.17, 15) is 22.4 Å². The molecular formula is C29H33ClFN3O4S. The molecule has 0 spiro atoms. The summed E-state index contributed by atoms with van der Waals surface area (Å²) in [5.74, 6) is -1.82. The number of nitrogens with one attached hydrogen (secondary N) is 1. The van der Waals surface area contributed by atoms with E-state index in [1.165, 1.54) is 35.2 Å². The number of nitrogens with zero attached hydrogens (tertiary/aromatic N) is 2. The predicted octanol–water partition coefficient (Wildman–Crippen LogP) is 5.40. The molecule has 7 nitrogen and oxygen atoms in total. The molecule has 0 aliphatic carbocycles. The van der Waals surface area contributed by atoms with Gasteiger partial charge in [-0.05, 0) is 48.7 Å². The van der Waals surface area contributed by atoms with Gasteiger partial charge in [0.25, 0.3) is 10.0 Å². The van der Waals surface area contributed by atoms with Crippen LogP contribution >= 0.6 is 11.6 Å². The summed E-state index contributed by atoms with van der Waals surface area (Å²) in [4.78, 5) is 28.3. The minimum Gasteiger partial charge on any atom is -0.354 e. The van der Waals surface area contributed by atoms with Crippen molar-refractivity contribution < 1.29 is 22.4 Å².